The Labute approximate surface area is 190 Å². The van der Waals surface area contributed by atoms with Crippen molar-refractivity contribution in [3.63, 3.8) is 0 Å². The molecule has 4 aromatic rings. The number of alkyl halides is 3. The molecule has 0 fully saturated rings. The van der Waals surface area contributed by atoms with E-state index in [0.29, 0.717) is 11.3 Å². The van der Waals surface area contributed by atoms with Crippen molar-refractivity contribution in [2.45, 2.75) is 23.5 Å². The van der Waals surface area contributed by atoms with Crippen LogP contribution in [0.3, 0.4) is 0 Å². The van der Waals surface area contributed by atoms with Gasteiger partial charge in [0.15, 0.2) is 10.8 Å². The summed E-state index contributed by atoms with van der Waals surface area (Å²) < 4.78 is 41.0. The number of nitrogens with zero attached hydrogens (tertiary/aromatic N) is 3. The molecule has 164 valence electrons. The number of thioether (sulfide) groups is 1. The fourth-order valence-electron chi connectivity index (χ4n) is 3.02. The van der Waals surface area contributed by atoms with Gasteiger partial charge in [-0.15, -0.1) is 10.2 Å². The quantitative estimate of drug-likeness (QED) is 0.349. The first kappa shape index (κ1) is 22.2. The Bertz CT molecular complexity index is 1260. The van der Waals surface area contributed by atoms with Crippen LogP contribution in [0.5, 0.6) is 0 Å². The molecule has 0 aliphatic rings. The Hall–Kier alpha value is -3.04. The lowest BCUT2D eigenvalue weighted by Gasteiger charge is -2.16. The van der Waals surface area contributed by atoms with Gasteiger partial charge in [0.2, 0.25) is 5.91 Å². The third kappa shape index (κ3) is 4.73. The lowest BCUT2D eigenvalue weighted by molar-refractivity contribution is -0.137. The molecule has 0 bridgehead atoms. The maximum Gasteiger partial charge on any atom is 0.417 e. The summed E-state index contributed by atoms with van der Waals surface area (Å²) in [5.74, 6) is -0.347. The Morgan fingerprint density at radius 2 is 1.78 bits per heavy atom. The van der Waals surface area contributed by atoms with Gasteiger partial charge in [-0.05, 0) is 30.7 Å². The molecule has 32 heavy (non-hydrogen) atoms. The molecular weight excluding hydrogens is 461 g/mol. The smallest absolute Gasteiger partial charge is 0.325 e. The predicted octanol–water partition coefficient (Wildman–Crippen LogP) is 6.18. The van der Waals surface area contributed by atoms with Crippen LogP contribution in [0.4, 0.5) is 18.9 Å². The van der Waals surface area contributed by atoms with E-state index in [9.17, 15) is 18.0 Å². The fourth-order valence-corrected chi connectivity index (χ4v) is 4.28. The Balaban J connectivity index is 1.71. The number of carbonyl (C=O) groups is 1. The van der Waals surface area contributed by atoms with E-state index in [2.05, 4.69) is 15.5 Å². The molecule has 4 rings (SSSR count). The minimum absolute atomic E-state index is 0.0768. The molecule has 0 saturated carbocycles. The second-order valence-corrected chi connectivity index (χ2v) is 8.49. The van der Waals surface area contributed by atoms with Crippen LogP contribution in [-0.4, -0.2) is 20.5 Å². The van der Waals surface area contributed by atoms with Crippen molar-refractivity contribution in [3.05, 3.63) is 88.6 Å². The van der Waals surface area contributed by atoms with E-state index in [4.69, 9.17) is 11.6 Å². The van der Waals surface area contributed by atoms with Crippen LogP contribution in [0.25, 0.3) is 5.65 Å². The van der Waals surface area contributed by atoms with Gasteiger partial charge in [-0.2, -0.15) is 13.2 Å². The summed E-state index contributed by atoms with van der Waals surface area (Å²) >= 11 is 6.99. The summed E-state index contributed by atoms with van der Waals surface area (Å²) in [6, 6.07) is 17.0. The van der Waals surface area contributed by atoms with E-state index < -0.39 is 17.0 Å². The molecule has 1 amide bonds. The van der Waals surface area contributed by atoms with Crippen LogP contribution < -0.4 is 5.32 Å². The van der Waals surface area contributed by atoms with E-state index >= 15 is 0 Å². The molecule has 0 saturated heterocycles. The average Bonchev–Trinajstić information content (AvgIpc) is 3.17. The third-order valence-electron chi connectivity index (χ3n) is 4.64. The van der Waals surface area contributed by atoms with E-state index in [1.807, 2.05) is 25.1 Å². The van der Waals surface area contributed by atoms with Crippen LogP contribution in [0.1, 0.15) is 21.9 Å². The highest BCUT2D eigenvalue weighted by molar-refractivity contribution is 8.00. The number of fused-ring (bicyclic) bond motifs is 1. The number of aryl methyl sites for hydroxylation is 1. The first-order valence-electron chi connectivity index (χ1n) is 9.43. The summed E-state index contributed by atoms with van der Waals surface area (Å²) in [6.07, 6.45) is -3.71. The Kier molecular flexibility index (Phi) is 6.12. The van der Waals surface area contributed by atoms with Crippen LogP contribution in [0, 0.1) is 6.92 Å². The zero-order valence-electron chi connectivity index (χ0n) is 16.6. The monoisotopic (exact) mass is 476 g/mol. The molecule has 5 nitrogen and oxygen atoms in total. The van der Waals surface area contributed by atoms with Gasteiger partial charge in [-0.1, -0.05) is 71.4 Å². The number of aromatic nitrogens is 3. The molecule has 0 aliphatic heterocycles. The molecule has 0 aliphatic carbocycles. The summed E-state index contributed by atoms with van der Waals surface area (Å²) in [4.78, 5) is 13.2. The summed E-state index contributed by atoms with van der Waals surface area (Å²) in [7, 11) is 0. The largest absolute Gasteiger partial charge is 0.417 e. The van der Waals surface area contributed by atoms with Crippen LogP contribution >= 0.6 is 23.4 Å². The third-order valence-corrected chi connectivity index (χ3v) is 6.13. The lowest BCUT2D eigenvalue weighted by atomic mass is 10.1. The Morgan fingerprint density at radius 1 is 1.09 bits per heavy atom. The number of nitrogens with one attached hydrogen (secondary N) is 1. The summed E-state index contributed by atoms with van der Waals surface area (Å²) in [6.45, 7) is 1.94. The topological polar surface area (TPSA) is 59.3 Å². The normalized spacial score (nSPS) is 12.7. The van der Waals surface area contributed by atoms with Gasteiger partial charge in [0.25, 0.3) is 0 Å². The molecule has 0 radical (unpaired) electrons. The van der Waals surface area contributed by atoms with Crippen molar-refractivity contribution >= 4 is 40.6 Å². The first-order chi connectivity index (χ1) is 15.2. The van der Waals surface area contributed by atoms with Crippen molar-refractivity contribution < 1.29 is 18.0 Å². The standard InChI is InChI=1S/C22H16ClF3N4OS/c1-13-7-9-16(10-8-13)27-20(31)18(14-5-3-2-4-6-14)32-21-29-28-19-17(23)11-15(12-30(19)21)22(24,25)26/h2-12,18H,1H3,(H,27,31). The highest BCUT2D eigenvalue weighted by Gasteiger charge is 2.33. The maximum atomic E-state index is 13.3. The maximum absolute atomic E-state index is 13.3. The van der Waals surface area contributed by atoms with Crippen molar-refractivity contribution in [3.8, 4) is 0 Å². The van der Waals surface area contributed by atoms with E-state index in [-0.39, 0.29) is 21.7 Å². The van der Waals surface area contributed by atoms with Crippen LogP contribution in [0.15, 0.2) is 72.0 Å². The van der Waals surface area contributed by atoms with Gasteiger partial charge >= 0.3 is 6.18 Å². The highest BCUT2D eigenvalue weighted by Crippen LogP contribution is 2.38. The number of halogens is 4. The second-order valence-electron chi connectivity index (χ2n) is 7.01. The van der Waals surface area contributed by atoms with Gasteiger partial charge in [-0.25, -0.2) is 0 Å². The molecule has 1 atom stereocenters. The van der Waals surface area contributed by atoms with Crippen LogP contribution in [0.2, 0.25) is 5.02 Å². The molecule has 1 N–H and O–H groups in total. The van der Waals surface area contributed by atoms with Gasteiger partial charge in [0.05, 0.1) is 10.6 Å². The van der Waals surface area contributed by atoms with E-state index in [1.165, 1.54) is 0 Å². The number of benzene rings is 2. The van der Waals surface area contributed by atoms with Crippen molar-refractivity contribution in [2.24, 2.45) is 0 Å². The number of rotatable bonds is 5. The van der Waals surface area contributed by atoms with Gasteiger partial charge in [0, 0.05) is 11.9 Å². The zero-order valence-corrected chi connectivity index (χ0v) is 18.2. The predicted molar refractivity (Wildman–Crippen MR) is 118 cm³/mol. The van der Waals surface area contributed by atoms with Gasteiger partial charge < -0.3 is 5.32 Å². The van der Waals surface area contributed by atoms with Crippen LogP contribution in [-0.2, 0) is 11.0 Å². The van der Waals surface area contributed by atoms with Gasteiger partial charge in [0.1, 0.15) is 5.25 Å². The lowest BCUT2D eigenvalue weighted by Crippen LogP contribution is -2.19. The first-order valence-corrected chi connectivity index (χ1v) is 10.7. The van der Waals surface area contributed by atoms with Crippen molar-refractivity contribution in [1.29, 1.82) is 0 Å². The highest BCUT2D eigenvalue weighted by atomic mass is 35.5. The van der Waals surface area contributed by atoms with Crippen molar-refractivity contribution in [2.75, 3.05) is 5.32 Å². The molecule has 10 heteroatoms. The second kappa shape index (κ2) is 8.84. The number of amides is 1. The van der Waals surface area contributed by atoms with E-state index in [0.717, 1.165) is 34.0 Å². The molecule has 2 aromatic heterocycles. The SMILES string of the molecule is Cc1ccc(NC(=O)C(Sc2nnc3c(Cl)cc(C(F)(F)F)cn23)c2ccccc2)cc1. The van der Waals surface area contributed by atoms with E-state index in [1.54, 1.807) is 36.4 Å². The zero-order chi connectivity index (χ0) is 22.9. The molecular formula is C22H16ClF3N4OS. The molecule has 0 spiro atoms. The Morgan fingerprint density at radius 3 is 2.44 bits per heavy atom. The fraction of sp³-hybridized carbons (Fsp3) is 0.136. The summed E-state index contributed by atoms with van der Waals surface area (Å²) in [5, 5.41) is 9.88. The number of hydrogen-bond acceptors (Lipinski definition) is 4. The van der Waals surface area contributed by atoms with Crippen molar-refractivity contribution in [1.82, 2.24) is 14.6 Å². The number of anilines is 1. The molecule has 2 aromatic carbocycles. The number of pyridine rings is 1. The molecule has 2 heterocycles. The molecule has 1 unspecified atom stereocenters. The summed E-state index contributed by atoms with van der Waals surface area (Å²) in [5.41, 5.74) is 1.46. The minimum atomic E-state index is -4.59. The number of hydrogen-bond donors (Lipinski definition) is 1. The minimum Gasteiger partial charge on any atom is -0.325 e. The average molecular weight is 477 g/mol. The number of carbonyl (C=O) groups excluding carboxylic acids is 1. The van der Waals surface area contributed by atoms with Gasteiger partial charge in [-0.3, -0.25) is 9.20 Å².